The van der Waals surface area contributed by atoms with Crippen LogP contribution in [0.1, 0.15) is 27.7 Å². The normalized spacial score (nSPS) is 9.86. The summed E-state index contributed by atoms with van der Waals surface area (Å²) < 4.78 is 9.49. The maximum atomic E-state index is 10.8. The van der Waals surface area contributed by atoms with Crippen molar-refractivity contribution in [2.45, 2.75) is 39.9 Å². The molecule has 0 aromatic rings. The van der Waals surface area contributed by atoms with Gasteiger partial charge >= 0.3 is 11.4 Å². The van der Waals surface area contributed by atoms with Crippen molar-refractivity contribution in [3.63, 3.8) is 0 Å². The average Bonchev–Trinajstić information content (AvgIpc) is 1.98. The molecule has 5 nitrogen and oxygen atoms in total. The molecule has 0 bridgehead atoms. The molecule has 0 rings (SSSR count). The number of ether oxygens (including phenoxy) is 2. The number of rotatable bonds is 2. The summed E-state index contributed by atoms with van der Waals surface area (Å²) in [7, 11) is 0. The fourth-order valence-corrected chi connectivity index (χ4v) is 0.719. The van der Waals surface area contributed by atoms with Gasteiger partial charge in [0.15, 0.2) is 0 Å². The van der Waals surface area contributed by atoms with Crippen molar-refractivity contribution < 1.29 is 24.0 Å². The molecule has 0 spiro atoms. The SMILES string of the molecule is CC(C)OC(=O)OOC(=S)OC(C)C. The first-order valence-electron chi connectivity index (χ1n) is 4.17. The summed E-state index contributed by atoms with van der Waals surface area (Å²) in [5.41, 5.74) is 0. The van der Waals surface area contributed by atoms with E-state index in [9.17, 15) is 4.79 Å². The van der Waals surface area contributed by atoms with Gasteiger partial charge in [-0.05, 0) is 27.7 Å². The van der Waals surface area contributed by atoms with Gasteiger partial charge in [-0.25, -0.2) is 9.78 Å². The topological polar surface area (TPSA) is 54.0 Å². The van der Waals surface area contributed by atoms with Crippen LogP contribution in [0.5, 0.6) is 0 Å². The van der Waals surface area contributed by atoms with Gasteiger partial charge < -0.3 is 9.47 Å². The highest BCUT2D eigenvalue weighted by molar-refractivity contribution is 7.79. The molecule has 0 aromatic carbocycles. The van der Waals surface area contributed by atoms with Crippen molar-refractivity contribution in [2.24, 2.45) is 0 Å². The van der Waals surface area contributed by atoms with Gasteiger partial charge in [-0.15, -0.1) is 0 Å². The minimum Gasteiger partial charge on any atom is -0.451 e. The standard InChI is InChI=1S/C8H14O5S/c1-5(2)10-7(9)12-13-8(14)11-6(3)4/h5-6H,1-4H3. The van der Waals surface area contributed by atoms with Crippen molar-refractivity contribution in [3.8, 4) is 0 Å². The Balaban J connectivity index is 3.61. The van der Waals surface area contributed by atoms with E-state index in [1.165, 1.54) is 0 Å². The molecular formula is C8H14O5S. The predicted molar refractivity (Wildman–Crippen MR) is 52.6 cm³/mol. The lowest BCUT2D eigenvalue weighted by molar-refractivity contribution is -0.200. The summed E-state index contributed by atoms with van der Waals surface area (Å²) in [6, 6.07) is 0. The summed E-state index contributed by atoms with van der Waals surface area (Å²) in [5, 5.41) is -0.249. The maximum absolute atomic E-state index is 10.8. The van der Waals surface area contributed by atoms with Crippen molar-refractivity contribution in [1.29, 1.82) is 0 Å². The van der Waals surface area contributed by atoms with E-state index in [-0.39, 0.29) is 17.4 Å². The van der Waals surface area contributed by atoms with Crippen molar-refractivity contribution in [1.82, 2.24) is 0 Å². The quantitative estimate of drug-likeness (QED) is 0.309. The van der Waals surface area contributed by atoms with E-state index in [1.807, 2.05) is 0 Å². The van der Waals surface area contributed by atoms with Crippen LogP contribution in [-0.2, 0) is 19.2 Å². The monoisotopic (exact) mass is 222 g/mol. The molecule has 0 aliphatic carbocycles. The largest absolute Gasteiger partial charge is 0.550 e. The first-order chi connectivity index (χ1) is 6.41. The number of hydrogen-bond donors (Lipinski definition) is 0. The lowest BCUT2D eigenvalue weighted by Gasteiger charge is -2.10. The van der Waals surface area contributed by atoms with E-state index < -0.39 is 6.16 Å². The van der Waals surface area contributed by atoms with E-state index >= 15 is 0 Å². The van der Waals surface area contributed by atoms with E-state index in [0.29, 0.717) is 0 Å². The van der Waals surface area contributed by atoms with Crippen LogP contribution in [0.2, 0.25) is 0 Å². The summed E-state index contributed by atoms with van der Waals surface area (Å²) >= 11 is 4.59. The molecule has 0 saturated carbocycles. The first-order valence-corrected chi connectivity index (χ1v) is 4.58. The van der Waals surface area contributed by atoms with Crippen LogP contribution in [0.3, 0.4) is 0 Å². The van der Waals surface area contributed by atoms with Crippen molar-refractivity contribution in [3.05, 3.63) is 0 Å². The summed E-state index contributed by atoms with van der Waals surface area (Å²) in [5.74, 6) is 0. The summed E-state index contributed by atoms with van der Waals surface area (Å²) in [4.78, 5) is 19.3. The first kappa shape index (κ1) is 13.0. The van der Waals surface area contributed by atoms with E-state index in [2.05, 4.69) is 26.7 Å². The average molecular weight is 222 g/mol. The van der Waals surface area contributed by atoms with Gasteiger partial charge in [0.1, 0.15) is 0 Å². The zero-order valence-corrected chi connectivity index (χ0v) is 9.42. The maximum Gasteiger partial charge on any atom is 0.550 e. The lowest BCUT2D eigenvalue weighted by Crippen LogP contribution is -2.18. The second-order valence-electron chi connectivity index (χ2n) is 3.00. The summed E-state index contributed by atoms with van der Waals surface area (Å²) in [6.07, 6.45) is -1.35. The fraction of sp³-hybridized carbons (Fsp3) is 0.750. The minimum absolute atomic E-state index is 0.132. The summed E-state index contributed by atoms with van der Waals surface area (Å²) in [6.45, 7) is 6.90. The van der Waals surface area contributed by atoms with Crippen LogP contribution in [0.25, 0.3) is 0 Å². The van der Waals surface area contributed by atoms with Gasteiger partial charge in [-0.2, -0.15) is 4.79 Å². The third-order valence-corrected chi connectivity index (χ3v) is 1.01. The van der Waals surface area contributed by atoms with Crippen LogP contribution in [-0.4, -0.2) is 23.6 Å². The molecular weight excluding hydrogens is 208 g/mol. The van der Waals surface area contributed by atoms with Crippen LogP contribution in [0.15, 0.2) is 0 Å². The van der Waals surface area contributed by atoms with Crippen LogP contribution in [0, 0.1) is 0 Å². The second kappa shape index (κ2) is 6.42. The molecule has 0 unspecified atom stereocenters. The zero-order chi connectivity index (χ0) is 11.1. The molecule has 82 valence electrons. The highest BCUT2D eigenvalue weighted by Crippen LogP contribution is 1.97. The number of thiocarbonyl (C=S) groups is 1. The third kappa shape index (κ3) is 7.60. The molecule has 0 aliphatic rings. The molecule has 0 heterocycles. The number of hydrogen-bond acceptors (Lipinski definition) is 6. The van der Waals surface area contributed by atoms with Gasteiger partial charge in [0.05, 0.1) is 12.2 Å². The number of carbonyl (C=O) groups is 1. The van der Waals surface area contributed by atoms with E-state index in [4.69, 9.17) is 4.74 Å². The second-order valence-corrected chi connectivity index (χ2v) is 3.33. The molecule has 0 fully saturated rings. The van der Waals surface area contributed by atoms with Gasteiger partial charge in [-0.1, -0.05) is 0 Å². The molecule has 0 aliphatic heterocycles. The molecule has 0 atom stereocenters. The molecule has 0 N–H and O–H groups in total. The Morgan fingerprint density at radius 1 is 1.00 bits per heavy atom. The zero-order valence-electron chi connectivity index (χ0n) is 8.60. The third-order valence-electron chi connectivity index (χ3n) is 0.842. The lowest BCUT2D eigenvalue weighted by atomic mass is 10.5. The smallest absolute Gasteiger partial charge is 0.451 e. The van der Waals surface area contributed by atoms with Crippen LogP contribution < -0.4 is 0 Å². The Kier molecular flexibility index (Phi) is 5.94. The predicted octanol–water partition coefficient (Wildman–Crippen LogP) is 2.19. The van der Waals surface area contributed by atoms with E-state index in [0.717, 1.165) is 0 Å². The molecule has 0 aromatic heterocycles. The Hall–Kier alpha value is -1.04. The molecule has 6 heteroatoms. The Morgan fingerprint density at radius 2 is 1.50 bits per heavy atom. The fourth-order valence-electron chi connectivity index (χ4n) is 0.492. The van der Waals surface area contributed by atoms with E-state index in [1.54, 1.807) is 27.7 Å². The van der Waals surface area contributed by atoms with Gasteiger partial charge in [0.25, 0.3) is 0 Å². The molecule has 0 radical (unpaired) electrons. The number of carbonyl (C=O) groups excluding carboxylic acids is 1. The Bertz CT molecular complexity index is 180. The van der Waals surface area contributed by atoms with Crippen LogP contribution >= 0.6 is 12.2 Å². The Morgan fingerprint density at radius 3 is 1.93 bits per heavy atom. The molecule has 0 amide bonds. The van der Waals surface area contributed by atoms with Gasteiger partial charge in [-0.3, -0.25) is 0 Å². The Labute approximate surface area is 88.2 Å². The van der Waals surface area contributed by atoms with Gasteiger partial charge in [0.2, 0.25) is 0 Å². The highest BCUT2D eigenvalue weighted by Gasteiger charge is 2.11. The van der Waals surface area contributed by atoms with Crippen molar-refractivity contribution >= 4 is 23.6 Å². The molecule has 0 saturated heterocycles. The molecule has 14 heavy (non-hydrogen) atoms. The van der Waals surface area contributed by atoms with Gasteiger partial charge in [0, 0.05) is 12.2 Å². The van der Waals surface area contributed by atoms with Crippen LogP contribution in [0.4, 0.5) is 4.79 Å². The van der Waals surface area contributed by atoms with Crippen molar-refractivity contribution in [2.75, 3.05) is 0 Å². The highest BCUT2D eigenvalue weighted by atomic mass is 32.1. The minimum atomic E-state index is -0.949.